The first-order valence-electron chi connectivity index (χ1n) is 6.39. The predicted octanol–water partition coefficient (Wildman–Crippen LogP) is 1.70. The maximum absolute atomic E-state index is 13.5. The van der Waals surface area contributed by atoms with Crippen molar-refractivity contribution in [1.29, 1.82) is 0 Å². The largest absolute Gasteiger partial charge is 0.480 e. The summed E-state index contributed by atoms with van der Waals surface area (Å²) in [5.41, 5.74) is -1.05. The number of carboxylic acid groups (broad SMARTS) is 1. The molecule has 0 spiro atoms. The number of rotatable bonds is 4. The van der Waals surface area contributed by atoms with Gasteiger partial charge in [0, 0.05) is 18.7 Å². The summed E-state index contributed by atoms with van der Waals surface area (Å²) in [5.74, 6) is -5.39. The second-order valence-corrected chi connectivity index (χ2v) is 6.44. The van der Waals surface area contributed by atoms with Crippen LogP contribution in [0.4, 0.5) is 18.9 Å². The van der Waals surface area contributed by atoms with Gasteiger partial charge in [-0.1, -0.05) is 0 Å². The van der Waals surface area contributed by atoms with Crippen LogP contribution in [-0.2, 0) is 15.0 Å². The molecule has 1 aromatic carbocycles. The zero-order valence-electron chi connectivity index (χ0n) is 11.2. The van der Waals surface area contributed by atoms with E-state index in [-0.39, 0.29) is 13.0 Å². The second-order valence-electron chi connectivity index (χ2n) is 4.81. The van der Waals surface area contributed by atoms with Gasteiger partial charge in [-0.3, -0.25) is 9.52 Å². The molecule has 22 heavy (non-hydrogen) atoms. The highest BCUT2D eigenvalue weighted by Gasteiger charge is 2.37. The monoisotopic (exact) mass is 338 g/mol. The maximum atomic E-state index is 13.5. The highest BCUT2D eigenvalue weighted by atomic mass is 32.2. The van der Waals surface area contributed by atoms with Crippen LogP contribution in [0.2, 0.25) is 0 Å². The van der Waals surface area contributed by atoms with Gasteiger partial charge in [0.1, 0.15) is 17.5 Å². The van der Waals surface area contributed by atoms with Crippen molar-refractivity contribution in [1.82, 2.24) is 4.31 Å². The fraction of sp³-hybridized carbons (Fsp3) is 0.417. The molecule has 1 aliphatic rings. The van der Waals surface area contributed by atoms with Gasteiger partial charge < -0.3 is 5.11 Å². The van der Waals surface area contributed by atoms with Crippen LogP contribution in [0.1, 0.15) is 19.3 Å². The number of hydrogen-bond donors (Lipinski definition) is 2. The summed E-state index contributed by atoms with van der Waals surface area (Å²) < 4.78 is 66.5. The third-order valence-electron chi connectivity index (χ3n) is 3.29. The number of nitrogens with one attached hydrogen (secondary N) is 1. The summed E-state index contributed by atoms with van der Waals surface area (Å²) in [6, 6.07) is -0.657. The third kappa shape index (κ3) is 3.33. The van der Waals surface area contributed by atoms with E-state index < -0.39 is 45.4 Å². The Bertz CT molecular complexity index is 673. The topological polar surface area (TPSA) is 86.7 Å². The zero-order valence-corrected chi connectivity index (χ0v) is 12.0. The van der Waals surface area contributed by atoms with Crippen molar-refractivity contribution in [3.05, 3.63) is 29.6 Å². The van der Waals surface area contributed by atoms with E-state index >= 15 is 0 Å². The van der Waals surface area contributed by atoms with Crippen molar-refractivity contribution in [2.75, 3.05) is 11.3 Å². The minimum Gasteiger partial charge on any atom is -0.480 e. The van der Waals surface area contributed by atoms with Crippen LogP contribution >= 0.6 is 0 Å². The van der Waals surface area contributed by atoms with E-state index in [4.69, 9.17) is 5.11 Å². The molecule has 1 unspecified atom stereocenters. The van der Waals surface area contributed by atoms with E-state index in [2.05, 4.69) is 0 Å². The number of aliphatic carboxylic acids is 1. The van der Waals surface area contributed by atoms with Gasteiger partial charge in [0.05, 0.1) is 0 Å². The summed E-state index contributed by atoms with van der Waals surface area (Å²) >= 11 is 0. The Kier molecular flexibility index (Phi) is 4.61. The second kappa shape index (κ2) is 6.13. The summed E-state index contributed by atoms with van der Waals surface area (Å²) in [6.07, 6.45) is 1.06. The maximum Gasteiger partial charge on any atom is 0.322 e. The molecule has 1 saturated heterocycles. The predicted molar refractivity (Wildman–Crippen MR) is 70.8 cm³/mol. The Labute approximate surface area is 124 Å². The molecule has 1 fully saturated rings. The van der Waals surface area contributed by atoms with E-state index in [0.29, 0.717) is 29.3 Å². The number of anilines is 1. The van der Waals surface area contributed by atoms with Gasteiger partial charge in [-0.25, -0.2) is 13.2 Å². The van der Waals surface area contributed by atoms with E-state index in [9.17, 15) is 26.4 Å². The summed E-state index contributed by atoms with van der Waals surface area (Å²) in [7, 11) is -4.49. The van der Waals surface area contributed by atoms with Crippen LogP contribution in [0.5, 0.6) is 0 Å². The minimum absolute atomic E-state index is 0.0866. The van der Waals surface area contributed by atoms with Gasteiger partial charge in [0.15, 0.2) is 11.6 Å². The lowest BCUT2D eigenvalue weighted by Crippen LogP contribution is -2.50. The van der Waals surface area contributed by atoms with Crippen LogP contribution < -0.4 is 4.72 Å². The lowest BCUT2D eigenvalue weighted by molar-refractivity contribution is -0.142. The van der Waals surface area contributed by atoms with Gasteiger partial charge in [-0.15, -0.1) is 0 Å². The molecule has 122 valence electrons. The molecule has 1 heterocycles. The van der Waals surface area contributed by atoms with Crippen LogP contribution in [0.3, 0.4) is 0 Å². The van der Waals surface area contributed by atoms with Crippen molar-refractivity contribution >= 4 is 21.9 Å². The molecule has 0 radical (unpaired) electrons. The highest BCUT2D eigenvalue weighted by molar-refractivity contribution is 7.90. The van der Waals surface area contributed by atoms with Gasteiger partial charge >= 0.3 is 16.2 Å². The average molecular weight is 338 g/mol. The fourth-order valence-corrected chi connectivity index (χ4v) is 3.74. The lowest BCUT2D eigenvalue weighted by Gasteiger charge is -2.31. The van der Waals surface area contributed by atoms with Crippen LogP contribution in [0.25, 0.3) is 0 Å². The van der Waals surface area contributed by atoms with Crippen molar-refractivity contribution in [2.45, 2.75) is 25.3 Å². The smallest absolute Gasteiger partial charge is 0.322 e. The number of piperidine rings is 1. The van der Waals surface area contributed by atoms with E-state index in [1.165, 1.54) is 0 Å². The van der Waals surface area contributed by atoms with Crippen molar-refractivity contribution in [2.24, 2.45) is 0 Å². The Morgan fingerprint density at radius 2 is 1.82 bits per heavy atom. The van der Waals surface area contributed by atoms with Crippen LogP contribution in [0.15, 0.2) is 12.1 Å². The molecule has 0 aromatic heterocycles. The normalized spacial score (nSPS) is 19.9. The van der Waals surface area contributed by atoms with E-state index in [0.717, 1.165) is 0 Å². The van der Waals surface area contributed by atoms with Crippen molar-refractivity contribution in [3.8, 4) is 0 Å². The molecule has 6 nitrogen and oxygen atoms in total. The summed E-state index contributed by atoms with van der Waals surface area (Å²) in [5, 5.41) is 9.05. The highest BCUT2D eigenvalue weighted by Crippen LogP contribution is 2.25. The van der Waals surface area contributed by atoms with E-state index in [1.807, 2.05) is 0 Å². The Balaban J connectivity index is 2.33. The molecule has 2 N–H and O–H groups in total. The Morgan fingerprint density at radius 1 is 1.23 bits per heavy atom. The molecule has 0 bridgehead atoms. The molecule has 1 aliphatic heterocycles. The molecule has 10 heteroatoms. The molecular formula is C12H13F3N2O4S. The summed E-state index contributed by atoms with van der Waals surface area (Å²) in [4.78, 5) is 11.1. The molecule has 0 aliphatic carbocycles. The number of hydrogen-bond acceptors (Lipinski definition) is 3. The standard InChI is InChI=1S/C12H13F3N2O4S/c13-7-5-8(14)11(9(15)6-7)16-22(20,21)17-4-2-1-3-10(17)12(18)19/h5-6,10,16H,1-4H2,(H,18,19). The van der Waals surface area contributed by atoms with Gasteiger partial charge in [-0.05, 0) is 19.3 Å². The van der Waals surface area contributed by atoms with Gasteiger partial charge in [-0.2, -0.15) is 12.7 Å². The third-order valence-corrected chi connectivity index (χ3v) is 4.80. The van der Waals surface area contributed by atoms with E-state index in [1.54, 1.807) is 4.72 Å². The molecular weight excluding hydrogens is 325 g/mol. The quantitative estimate of drug-likeness (QED) is 0.875. The van der Waals surface area contributed by atoms with Gasteiger partial charge in [0.2, 0.25) is 0 Å². The SMILES string of the molecule is O=C(O)C1CCCCN1S(=O)(=O)Nc1c(F)cc(F)cc1F. The average Bonchev–Trinajstić information content (AvgIpc) is 2.43. The molecule has 0 saturated carbocycles. The molecule has 1 aromatic rings. The fourth-order valence-electron chi connectivity index (χ4n) is 2.27. The first kappa shape index (κ1) is 16.6. The lowest BCUT2D eigenvalue weighted by atomic mass is 10.1. The first-order valence-corrected chi connectivity index (χ1v) is 7.83. The number of carbonyl (C=O) groups is 1. The number of halogens is 3. The van der Waals surface area contributed by atoms with Gasteiger partial charge in [0.25, 0.3) is 0 Å². The van der Waals surface area contributed by atoms with Crippen LogP contribution in [-0.4, -0.2) is 36.4 Å². The van der Waals surface area contributed by atoms with Crippen LogP contribution in [0, 0.1) is 17.5 Å². The molecule has 2 rings (SSSR count). The summed E-state index contributed by atoms with van der Waals surface area (Å²) in [6.45, 7) is -0.0866. The first-order chi connectivity index (χ1) is 10.2. The van der Waals surface area contributed by atoms with Crippen molar-refractivity contribution < 1.29 is 31.5 Å². The zero-order chi connectivity index (χ0) is 16.5. The number of nitrogens with zero attached hydrogens (tertiary/aromatic N) is 1. The number of benzene rings is 1. The minimum atomic E-state index is -4.49. The molecule has 1 atom stereocenters. The Morgan fingerprint density at radius 3 is 2.36 bits per heavy atom. The number of carboxylic acids is 1. The van der Waals surface area contributed by atoms with Crippen molar-refractivity contribution in [3.63, 3.8) is 0 Å². The Hall–Kier alpha value is -1.81. The molecule has 0 amide bonds.